The van der Waals surface area contributed by atoms with E-state index in [1.807, 2.05) is 6.07 Å². The lowest BCUT2D eigenvalue weighted by Gasteiger charge is -2.33. The molecule has 30 heavy (non-hydrogen) atoms. The van der Waals surface area contributed by atoms with Gasteiger partial charge in [0.05, 0.1) is 0 Å². The SMILES string of the molecule is Cc1cc(F)ccc1NC(=O)CC[C@@H]1CCCN(Cc2ccc3c(c2)OCCO3)C1. The van der Waals surface area contributed by atoms with Gasteiger partial charge in [0.25, 0.3) is 0 Å². The van der Waals surface area contributed by atoms with Crippen LogP contribution in [0.5, 0.6) is 11.5 Å². The number of fused-ring (bicyclic) bond motifs is 1. The zero-order valence-electron chi connectivity index (χ0n) is 17.5. The number of halogens is 1. The van der Waals surface area contributed by atoms with Crippen LogP contribution in [-0.4, -0.2) is 37.1 Å². The van der Waals surface area contributed by atoms with Gasteiger partial charge >= 0.3 is 0 Å². The Labute approximate surface area is 177 Å². The molecule has 0 unspecified atom stereocenters. The van der Waals surface area contributed by atoms with Gasteiger partial charge in [0.15, 0.2) is 11.5 Å². The predicted molar refractivity (Wildman–Crippen MR) is 114 cm³/mol. The van der Waals surface area contributed by atoms with Crippen molar-refractivity contribution in [3.8, 4) is 11.5 Å². The van der Waals surface area contributed by atoms with E-state index in [9.17, 15) is 9.18 Å². The molecule has 1 saturated heterocycles. The Kier molecular flexibility index (Phi) is 6.53. The summed E-state index contributed by atoms with van der Waals surface area (Å²) in [4.78, 5) is 14.8. The van der Waals surface area contributed by atoms with Crippen LogP contribution < -0.4 is 14.8 Å². The van der Waals surface area contributed by atoms with E-state index >= 15 is 0 Å². The Morgan fingerprint density at radius 3 is 2.83 bits per heavy atom. The number of carbonyl (C=O) groups is 1. The summed E-state index contributed by atoms with van der Waals surface area (Å²) >= 11 is 0. The summed E-state index contributed by atoms with van der Waals surface area (Å²) in [6, 6.07) is 10.6. The fourth-order valence-electron chi connectivity index (χ4n) is 4.29. The number of hydrogen-bond acceptors (Lipinski definition) is 4. The van der Waals surface area contributed by atoms with Gasteiger partial charge in [0.2, 0.25) is 5.91 Å². The number of ether oxygens (including phenoxy) is 2. The number of rotatable bonds is 6. The van der Waals surface area contributed by atoms with Crippen LogP contribution in [0, 0.1) is 18.7 Å². The third kappa shape index (κ3) is 5.30. The highest BCUT2D eigenvalue weighted by molar-refractivity contribution is 5.91. The van der Waals surface area contributed by atoms with E-state index in [0.29, 0.717) is 31.2 Å². The van der Waals surface area contributed by atoms with E-state index in [1.165, 1.54) is 17.7 Å². The number of nitrogens with one attached hydrogen (secondary N) is 1. The maximum atomic E-state index is 13.2. The molecule has 0 aliphatic carbocycles. The molecule has 0 spiro atoms. The first kappa shape index (κ1) is 20.7. The zero-order valence-corrected chi connectivity index (χ0v) is 17.5. The molecule has 1 amide bonds. The van der Waals surface area contributed by atoms with Gasteiger partial charge in [-0.15, -0.1) is 0 Å². The Morgan fingerprint density at radius 2 is 2.00 bits per heavy atom. The van der Waals surface area contributed by atoms with Crippen molar-refractivity contribution in [3.63, 3.8) is 0 Å². The molecule has 1 fully saturated rings. The van der Waals surface area contributed by atoms with E-state index in [2.05, 4.69) is 22.3 Å². The minimum Gasteiger partial charge on any atom is -0.486 e. The van der Waals surface area contributed by atoms with E-state index in [4.69, 9.17) is 9.47 Å². The predicted octanol–water partition coefficient (Wildman–Crippen LogP) is 4.54. The molecule has 2 aromatic carbocycles. The molecular formula is C24H29FN2O3. The van der Waals surface area contributed by atoms with Crippen LogP contribution in [0.15, 0.2) is 36.4 Å². The summed E-state index contributed by atoms with van der Waals surface area (Å²) in [5, 5.41) is 2.91. The lowest BCUT2D eigenvalue weighted by molar-refractivity contribution is -0.116. The third-order valence-corrected chi connectivity index (χ3v) is 5.86. The van der Waals surface area contributed by atoms with Gasteiger partial charge in [-0.05, 0) is 80.1 Å². The number of carbonyl (C=O) groups excluding carboxylic acids is 1. The van der Waals surface area contributed by atoms with E-state index < -0.39 is 0 Å². The second-order valence-electron chi connectivity index (χ2n) is 8.27. The van der Waals surface area contributed by atoms with Crippen LogP contribution in [-0.2, 0) is 11.3 Å². The fourth-order valence-corrected chi connectivity index (χ4v) is 4.29. The lowest BCUT2D eigenvalue weighted by atomic mass is 9.93. The van der Waals surface area contributed by atoms with Gasteiger partial charge in [0, 0.05) is 25.2 Å². The van der Waals surface area contributed by atoms with Crippen LogP contribution in [0.4, 0.5) is 10.1 Å². The molecule has 6 heteroatoms. The number of benzene rings is 2. The van der Waals surface area contributed by atoms with E-state index in [-0.39, 0.29) is 11.7 Å². The first-order valence-corrected chi connectivity index (χ1v) is 10.7. The highest BCUT2D eigenvalue weighted by Gasteiger charge is 2.21. The number of anilines is 1. The molecule has 2 aliphatic rings. The van der Waals surface area contributed by atoms with Crippen molar-refractivity contribution in [2.24, 2.45) is 5.92 Å². The summed E-state index contributed by atoms with van der Waals surface area (Å²) in [6.45, 7) is 5.96. The van der Waals surface area contributed by atoms with Gasteiger partial charge in [0.1, 0.15) is 19.0 Å². The van der Waals surface area contributed by atoms with Crippen molar-refractivity contribution in [1.29, 1.82) is 0 Å². The van der Waals surface area contributed by atoms with E-state index in [0.717, 1.165) is 56.0 Å². The average Bonchev–Trinajstić information content (AvgIpc) is 2.74. The number of likely N-dealkylation sites (tertiary alicyclic amines) is 1. The molecule has 0 aromatic heterocycles. The second kappa shape index (κ2) is 9.47. The van der Waals surface area contributed by atoms with Crippen molar-refractivity contribution < 1.29 is 18.7 Å². The van der Waals surface area contributed by atoms with Gasteiger partial charge in [-0.25, -0.2) is 4.39 Å². The van der Waals surface area contributed by atoms with Crippen LogP contribution in [0.25, 0.3) is 0 Å². The first-order valence-electron chi connectivity index (χ1n) is 10.7. The van der Waals surface area contributed by atoms with Gasteiger partial charge in [-0.2, -0.15) is 0 Å². The van der Waals surface area contributed by atoms with E-state index in [1.54, 1.807) is 13.0 Å². The molecule has 1 N–H and O–H groups in total. The molecule has 2 aliphatic heterocycles. The molecule has 1 atom stereocenters. The molecule has 5 nitrogen and oxygen atoms in total. The number of piperidine rings is 1. The Morgan fingerprint density at radius 1 is 1.17 bits per heavy atom. The van der Waals surface area contributed by atoms with Gasteiger partial charge in [-0.3, -0.25) is 9.69 Å². The minimum absolute atomic E-state index is 0.00586. The standard InChI is InChI=1S/C24H29FN2O3/c1-17-13-20(25)6-7-21(17)26-24(28)9-5-18-3-2-10-27(15-18)16-19-4-8-22-23(14-19)30-12-11-29-22/h4,6-8,13-14,18H,2-3,5,9-12,15-16H2,1H3,(H,26,28)/t18-/m0/s1. The second-order valence-corrected chi connectivity index (χ2v) is 8.27. The summed E-state index contributed by atoms with van der Waals surface area (Å²) in [6.07, 6.45) is 3.65. The minimum atomic E-state index is -0.286. The van der Waals surface area contributed by atoms with Crippen LogP contribution in [0.3, 0.4) is 0 Å². The van der Waals surface area contributed by atoms with Crippen LogP contribution in [0.1, 0.15) is 36.8 Å². The fraction of sp³-hybridized carbons (Fsp3) is 0.458. The molecule has 2 aromatic rings. The quantitative estimate of drug-likeness (QED) is 0.757. The van der Waals surface area contributed by atoms with Crippen molar-refractivity contribution in [2.75, 3.05) is 31.6 Å². The highest BCUT2D eigenvalue weighted by Crippen LogP contribution is 2.32. The normalized spacial score (nSPS) is 18.8. The van der Waals surface area contributed by atoms with Gasteiger partial charge < -0.3 is 14.8 Å². The Hall–Kier alpha value is -2.60. The summed E-state index contributed by atoms with van der Waals surface area (Å²) < 4.78 is 24.5. The molecule has 2 heterocycles. The summed E-state index contributed by atoms with van der Waals surface area (Å²) in [7, 11) is 0. The van der Waals surface area contributed by atoms with Crippen LogP contribution >= 0.6 is 0 Å². The van der Waals surface area contributed by atoms with Crippen LogP contribution in [0.2, 0.25) is 0 Å². The summed E-state index contributed by atoms with van der Waals surface area (Å²) in [5.74, 6) is 1.87. The molecule has 0 saturated carbocycles. The Balaban J connectivity index is 1.26. The molecule has 0 bridgehead atoms. The van der Waals surface area contributed by atoms with Gasteiger partial charge in [-0.1, -0.05) is 6.07 Å². The highest BCUT2D eigenvalue weighted by atomic mass is 19.1. The molecular weight excluding hydrogens is 383 g/mol. The van der Waals surface area contributed by atoms with Crippen molar-refractivity contribution >= 4 is 11.6 Å². The van der Waals surface area contributed by atoms with Crippen molar-refractivity contribution in [3.05, 3.63) is 53.3 Å². The number of nitrogens with zero attached hydrogens (tertiary/aromatic N) is 1. The maximum Gasteiger partial charge on any atom is 0.224 e. The Bertz CT molecular complexity index is 902. The third-order valence-electron chi connectivity index (χ3n) is 5.86. The first-order chi connectivity index (χ1) is 14.6. The zero-order chi connectivity index (χ0) is 20.9. The van der Waals surface area contributed by atoms with Crippen molar-refractivity contribution in [2.45, 2.75) is 39.2 Å². The molecule has 160 valence electrons. The lowest BCUT2D eigenvalue weighted by Crippen LogP contribution is -2.35. The topological polar surface area (TPSA) is 50.8 Å². The molecule has 4 rings (SSSR count). The largest absolute Gasteiger partial charge is 0.486 e. The average molecular weight is 413 g/mol. The smallest absolute Gasteiger partial charge is 0.224 e. The number of aryl methyl sites for hydroxylation is 1. The monoisotopic (exact) mass is 412 g/mol. The maximum absolute atomic E-state index is 13.2. The molecule has 0 radical (unpaired) electrons. The number of hydrogen-bond donors (Lipinski definition) is 1. The van der Waals surface area contributed by atoms with Crippen molar-refractivity contribution in [1.82, 2.24) is 4.90 Å². The summed E-state index contributed by atoms with van der Waals surface area (Å²) in [5.41, 5.74) is 2.65. The number of amides is 1.